The van der Waals surface area contributed by atoms with Gasteiger partial charge in [-0.25, -0.2) is 0 Å². The molecule has 11 heavy (non-hydrogen) atoms. The Morgan fingerprint density at radius 1 is 1.91 bits per heavy atom. The zero-order valence-electron chi connectivity index (χ0n) is 6.58. The van der Waals surface area contributed by atoms with E-state index in [1.54, 1.807) is 6.92 Å². The Bertz CT molecular complexity index is 159. The lowest BCUT2D eigenvalue weighted by molar-refractivity contribution is -0.122. The minimum absolute atomic E-state index is 0.00579. The molecule has 1 aliphatic carbocycles. The van der Waals surface area contributed by atoms with Crippen LogP contribution in [0, 0.1) is 5.92 Å². The van der Waals surface area contributed by atoms with E-state index in [2.05, 4.69) is 5.32 Å². The molecular weight excluding hydrogens is 144 g/mol. The smallest absolute Gasteiger partial charge is 0.224 e. The van der Waals surface area contributed by atoms with E-state index < -0.39 is 6.10 Å². The molecule has 0 spiro atoms. The molecule has 0 aromatic heterocycles. The molecule has 0 heterocycles. The third-order valence-corrected chi connectivity index (χ3v) is 1.75. The Morgan fingerprint density at radius 3 is 2.82 bits per heavy atom. The molecule has 3 unspecified atom stereocenters. The van der Waals surface area contributed by atoms with Crippen LogP contribution in [0.3, 0.4) is 0 Å². The van der Waals surface area contributed by atoms with Crippen molar-refractivity contribution in [2.24, 2.45) is 11.7 Å². The van der Waals surface area contributed by atoms with Crippen LogP contribution >= 0.6 is 0 Å². The standard InChI is InChI=1S/C7H14N2O2/c1-4(10)3-9-7(11)5-2-6(5)8/h4-6,10H,2-3,8H2,1H3,(H,9,11). The molecule has 0 aromatic carbocycles. The van der Waals surface area contributed by atoms with Gasteiger partial charge in [0, 0.05) is 12.6 Å². The molecular formula is C7H14N2O2. The summed E-state index contributed by atoms with van der Waals surface area (Å²) in [5.41, 5.74) is 5.45. The number of carbonyl (C=O) groups excluding carboxylic acids is 1. The maximum Gasteiger partial charge on any atom is 0.224 e. The van der Waals surface area contributed by atoms with Gasteiger partial charge >= 0.3 is 0 Å². The Morgan fingerprint density at radius 2 is 2.45 bits per heavy atom. The van der Waals surface area contributed by atoms with Gasteiger partial charge in [0.05, 0.1) is 12.0 Å². The Labute approximate surface area is 65.8 Å². The molecule has 1 aliphatic rings. The molecule has 0 saturated heterocycles. The van der Waals surface area contributed by atoms with Gasteiger partial charge in [-0.2, -0.15) is 0 Å². The molecule has 0 aromatic rings. The number of nitrogens with one attached hydrogen (secondary N) is 1. The minimum Gasteiger partial charge on any atom is -0.392 e. The van der Waals surface area contributed by atoms with Gasteiger partial charge in [-0.15, -0.1) is 0 Å². The average Bonchev–Trinajstić information content (AvgIpc) is 2.61. The van der Waals surface area contributed by atoms with Crippen molar-refractivity contribution in [1.82, 2.24) is 5.32 Å². The minimum atomic E-state index is -0.478. The van der Waals surface area contributed by atoms with Gasteiger partial charge in [-0.3, -0.25) is 4.79 Å². The highest BCUT2D eigenvalue weighted by molar-refractivity contribution is 5.82. The zero-order valence-corrected chi connectivity index (χ0v) is 6.58. The van der Waals surface area contributed by atoms with Crippen LogP contribution in [0.5, 0.6) is 0 Å². The monoisotopic (exact) mass is 158 g/mol. The van der Waals surface area contributed by atoms with Crippen molar-refractivity contribution < 1.29 is 9.90 Å². The molecule has 1 rings (SSSR count). The van der Waals surface area contributed by atoms with Crippen molar-refractivity contribution in [3.8, 4) is 0 Å². The molecule has 0 radical (unpaired) electrons. The van der Waals surface area contributed by atoms with E-state index in [0.717, 1.165) is 6.42 Å². The number of rotatable bonds is 3. The van der Waals surface area contributed by atoms with Crippen LogP contribution in [-0.2, 0) is 4.79 Å². The van der Waals surface area contributed by atoms with Crippen molar-refractivity contribution >= 4 is 5.91 Å². The second kappa shape index (κ2) is 3.19. The number of hydrogen-bond acceptors (Lipinski definition) is 3. The van der Waals surface area contributed by atoms with E-state index in [4.69, 9.17) is 10.8 Å². The predicted octanol–water partition coefficient (Wildman–Crippen LogP) is -1.17. The molecule has 1 fully saturated rings. The quantitative estimate of drug-likeness (QED) is 0.484. The lowest BCUT2D eigenvalue weighted by Gasteiger charge is -2.05. The highest BCUT2D eigenvalue weighted by atomic mass is 16.3. The second-order valence-corrected chi connectivity index (χ2v) is 3.10. The normalized spacial score (nSPS) is 31.2. The predicted molar refractivity (Wildman–Crippen MR) is 40.8 cm³/mol. The van der Waals surface area contributed by atoms with Crippen LogP contribution < -0.4 is 11.1 Å². The molecule has 1 saturated carbocycles. The van der Waals surface area contributed by atoms with Crippen molar-refractivity contribution in [3.63, 3.8) is 0 Å². The number of aliphatic hydroxyl groups excluding tert-OH is 1. The molecule has 3 atom stereocenters. The summed E-state index contributed by atoms with van der Waals surface area (Å²) in [5, 5.41) is 11.4. The first-order valence-electron chi connectivity index (χ1n) is 3.82. The van der Waals surface area contributed by atoms with Crippen LogP contribution in [0.2, 0.25) is 0 Å². The fraction of sp³-hybridized carbons (Fsp3) is 0.857. The molecule has 4 N–H and O–H groups in total. The van der Waals surface area contributed by atoms with Gasteiger partial charge in [0.1, 0.15) is 0 Å². The van der Waals surface area contributed by atoms with Gasteiger partial charge in [-0.1, -0.05) is 0 Å². The van der Waals surface area contributed by atoms with E-state index in [1.807, 2.05) is 0 Å². The number of aliphatic hydroxyl groups is 1. The average molecular weight is 158 g/mol. The van der Waals surface area contributed by atoms with Gasteiger partial charge < -0.3 is 16.2 Å². The van der Waals surface area contributed by atoms with Crippen LogP contribution in [0.25, 0.3) is 0 Å². The second-order valence-electron chi connectivity index (χ2n) is 3.10. The number of nitrogens with two attached hydrogens (primary N) is 1. The van der Waals surface area contributed by atoms with Gasteiger partial charge in [-0.05, 0) is 13.3 Å². The van der Waals surface area contributed by atoms with E-state index in [-0.39, 0.29) is 17.9 Å². The van der Waals surface area contributed by atoms with E-state index in [0.29, 0.717) is 6.54 Å². The largest absolute Gasteiger partial charge is 0.392 e. The number of amides is 1. The van der Waals surface area contributed by atoms with Gasteiger partial charge in [0.25, 0.3) is 0 Å². The lowest BCUT2D eigenvalue weighted by atomic mass is 10.3. The third kappa shape index (κ3) is 2.48. The molecule has 64 valence electrons. The van der Waals surface area contributed by atoms with E-state index in [1.165, 1.54) is 0 Å². The summed E-state index contributed by atoms with van der Waals surface area (Å²) >= 11 is 0. The highest BCUT2D eigenvalue weighted by Crippen LogP contribution is 2.27. The molecule has 1 amide bonds. The summed E-state index contributed by atoms with van der Waals surface area (Å²) < 4.78 is 0. The van der Waals surface area contributed by atoms with Crippen LogP contribution in [0.15, 0.2) is 0 Å². The molecule has 4 heteroatoms. The highest BCUT2D eigenvalue weighted by Gasteiger charge is 2.39. The van der Waals surface area contributed by atoms with Crippen molar-refractivity contribution in [2.75, 3.05) is 6.54 Å². The summed E-state index contributed by atoms with van der Waals surface area (Å²) in [6.45, 7) is 1.95. The SMILES string of the molecule is CC(O)CNC(=O)C1CC1N. The molecule has 0 aliphatic heterocycles. The van der Waals surface area contributed by atoms with Crippen LogP contribution in [-0.4, -0.2) is 29.7 Å². The number of carbonyl (C=O) groups is 1. The zero-order chi connectivity index (χ0) is 8.43. The first-order chi connectivity index (χ1) is 5.11. The summed E-state index contributed by atoms with van der Waals surface area (Å²) in [4.78, 5) is 11.0. The van der Waals surface area contributed by atoms with Gasteiger partial charge in [0.15, 0.2) is 0 Å². The van der Waals surface area contributed by atoms with Gasteiger partial charge in [0.2, 0.25) is 5.91 Å². The van der Waals surface area contributed by atoms with E-state index in [9.17, 15) is 4.79 Å². The summed E-state index contributed by atoms with van der Waals surface area (Å²) in [6, 6.07) is 0.0454. The van der Waals surface area contributed by atoms with Crippen LogP contribution in [0.4, 0.5) is 0 Å². The molecule has 0 bridgehead atoms. The topological polar surface area (TPSA) is 75.3 Å². The third-order valence-electron chi connectivity index (χ3n) is 1.75. The summed E-state index contributed by atoms with van der Waals surface area (Å²) in [6.07, 6.45) is 0.306. The summed E-state index contributed by atoms with van der Waals surface area (Å²) in [5.74, 6) is -0.0350. The fourth-order valence-electron chi connectivity index (χ4n) is 0.896. The fourth-order valence-corrected chi connectivity index (χ4v) is 0.896. The van der Waals surface area contributed by atoms with Crippen molar-refractivity contribution in [2.45, 2.75) is 25.5 Å². The maximum absolute atomic E-state index is 11.0. The first kappa shape index (κ1) is 8.49. The maximum atomic E-state index is 11.0. The lowest BCUT2D eigenvalue weighted by Crippen LogP contribution is -2.33. The molecule has 4 nitrogen and oxygen atoms in total. The van der Waals surface area contributed by atoms with Crippen molar-refractivity contribution in [1.29, 1.82) is 0 Å². The first-order valence-corrected chi connectivity index (χ1v) is 3.82. The summed E-state index contributed by atoms with van der Waals surface area (Å²) in [7, 11) is 0. The Hall–Kier alpha value is -0.610. The Kier molecular flexibility index (Phi) is 2.46. The Balaban J connectivity index is 2.12. The number of hydrogen-bond donors (Lipinski definition) is 3. The van der Waals surface area contributed by atoms with Crippen molar-refractivity contribution in [3.05, 3.63) is 0 Å². The van der Waals surface area contributed by atoms with Crippen LogP contribution in [0.1, 0.15) is 13.3 Å². The van der Waals surface area contributed by atoms with E-state index >= 15 is 0 Å².